The summed E-state index contributed by atoms with van der Waals surface area (Å²) in [6, 6.07) is 16.0. The summed E-state index contributed by atoms with van der Waals surface area (Å²) >= 11 is 0. The van der Waals surface area contributed by atoms with Gasteiger partial charge in [0, 0.05) is 6.42 Å². The molecule has 8 heteroatoms. The fraction of sp³-hybridized carbons (Fsp3) is 0.200. The largest absolute Gasteiger partial charge is 0.484 e. The second-order valence-corrected chi connectivity index (χ2v) is 5.98. The molecule has 28 heavy (non-hydrogen) atoms. The number of rotatable bonds is 6. The number of fused-ring (bicyclic) bond motifs is 1. The molecule has 0 bridgehead atoms. The van der Waals surface area contributed by atoms with Gasteiger partial charge in [-0.15, -0.1) is 0 Å². The molecule has 142 valence electrons. The molecule has 2 N–H and O–H groups in total. The van der Waals surface area contributed by atoms with Crippen LogP contribution in [0.25, 0.3) is 11.0 Å². The number of nitrogens with zero attached hydrogens (tertiary/aromatic N) is 3. The highest BCUT2D eigenvalue weighted by molar-refractivity contribution is 5.84. The number of nitriles is 1. The fourth-order valence-electron chi connectivity index (χ4n) is 2.70. The van der Waals surface area contributed by atoms with Gasteiger partial charge in [-0.2, -0.15) is 5.26 Å². The molecule has 0 radical (unpaired) electrons. The number of aryl methyl sites for hydroxylation is 1. The number of imidazole rings is 1. The Bertz CT molecular complexity index is 1030. The van der Waals surface area contributed by atoms with Crippen LogP contribution in [-0.4, -0.2) is 28.0 Å². The lowest BCUT2D eigenvalue weighted by Gasteiger charge is -2.11. The van der Waals surface area contributed by atoms with Gasteiger partial charge in [-0.25, -0.2) is 4.98 Å². The van der Waals surface area contributed by atoms with Crippen LogP contribution >= 0.6 is 0 Å². The van der Waals surface area contributed by atoms with E-state index in [1.54, 1.807) is 24.3 Å². The van der Waals surface area contributed by atoms with E-state index in [4.69, 9.17) is 10.00 Å². The molecule has 0 aliphatic carbocycles. The number of nitrogens with one attached hydrogen (secondary N) is 2. The summed E-state index contributed by atoms with van der Waals surface area (Å²) in [5.74, 6) is 0.387. The van der Waals surface area contributed by atoms with Crippen molar-refractivity contribution in [3.05, 3.63) is 59.9 Å². The number of aromatic nitrogens is 2. The zero-order chi connectivity index (χ0) is 19.9. The van der Waals surface area contributed by atoms with Crippen molar-refractivity contribution < 1.29 is 14.3 Å². The van der Waals surface area contributed by atoms with Crippen molar-refractivity contribution in [2.45, 2.75) is 19.9 Å². The maximum atomic E-state index is 12.2. The van der Waals surface area contributed by atoms with Gasteiger partial charge >= 0.3 is 0 Å². The number of hydrogen-bond acceptors (Lipinski definition) is 5. The highest BCUT2D eigenvalue weighted by atomic mass is 16.5. The molecular weight excluding hydrogens is 358 g/mol. The molecule has 1 aromatic heterocycles. The fourth-order valence-corrected chi connectivity index (χ4v) is 2.70. The number of hydrogen-bond donors (Lipinski definition) is 2. The third kappa shape index (κ3) is 4.45. The van der Waals surface area contributed by atoms with E-state index in [9.17, 15) is 9.59 Å². The summed E-state index contributed by atoms with van der Waals surface area (Å²) in [6.45, 7) is 1.75. The van der Waals surface area contributed by atoms with Gasteiger partial charge in [-0.3, -0.25) is 20.4 Å². The summed E-state index contributed by atoms with van der Waals surface area (Å²) in [4.78, 5) is 28.6. The number of carbonyl (C=O) groups is 2. The first-order valence-corrected chi connectivity index (χ1v) is 8.75. The van der Waals surface area contributed by atoms with Crippen LogP contribution in [-0.2, 0) is 22.6 Å². The third-order valence-electron chi connectivity index (χ3n) is 4.05. The molecule has 0 saturated heterocycles. The van der Waals surface area contributed by atoms with Gasteiger partial charge in [0.2, 0.25) is 0 Å². The van der Waals surface area contributed by atoms with Crippen molar-refractivity contribution >= 4 is 22.8 Å². The molecule has 0 atom stereocenters. The molecular formula is C20H19N5O3. The lowest BCUT2D eigenvalue weighted by atomic mass is 10.2. The Morgan fingerprint density at radius 3 is 2.54 bits per heavy atom. The van der Waals surface area contributed by atoms with Crippen LogP contribution in [0.1, 0.15) is 18.3 Å². The lowest BCUT2D eigenvalue weighted by Crippen LogP contribution is -2.45. The van der Waals surface area contributed by atoms with Crippen LogP contribution in [0.3, 0.4) is 0 Å². The van der Waals surface area contributed by atoms with Gasteiger partial charge in [0.05, 0.1) is 22.7 Å². The van der Waals surface area contributed by atoms with Crippen molar-refractivity contribution in [1.82, 2.24) is 20.4 Å². The predicted molar refractivity (Wildman–Crippen MR) is 102 cm³/mol. The van der Waals surface area contributed by atoms with Crippen LogP contribution in [0.15, 0.2) is 48.5 Å². The van der Waals surface area contributed by atoms with Gasteiger partial charge in [0.15, 0.2) is 6.61 Å². The molecule has 8 nitrogen and oxygen atoms in total. The quantitative estimate of drug-likeness (QED) is 0.636. The summed E-state index contributed by atoms with van der Waals surface area (Å²) in [7, 11) is 0. The molecule has 2 aromatic carbocycles. The average molecular weight is 377 g/mol. The van der Waals surface area contributed by atoms with Gasteiger partial charge in [0.1, 0.15) is 18.1 Å². The maximum Gasteiger partial charge on any atom is 0.276 e. The molecule has 1 heterocycles. The number of ether oxygens (including phenoxy) is 1. The number of para-hydroxylation sites is 2. The molecule has 3 rings (SSSR count). The first kappa shape index (κ1) is 18.9. The Morgan fingerprint density at radius 1 is 1.11 bits per heavy atom. The van der Waals surface area contributed by atoms with Crippen LogP contribution in [0.2, 0.25) is 0 Å². The monoisotopic (exact) mass is 377 g/mol. The Morgan fingerprint density at radius 2 is 1.82 bits per heavy atom. The van der Waals surface area contributed by atoms with Crippen molar-refractivity contribution in [1.29, 1.82) is 5.26 Å². The minimum atomic E-state index is -0.496. The minimum absolute atomic E-state index is 0.0421. The Kier molecular flexibility index (Phi) is 5.87. The molecule has 0 aliphatic heterocycles. The molecule has 0 unspecified atom stereocenters. The second kappa shape index (κ2) is 8.68. The van der Waals surface area contributed by atoms with Crippen LogP contribution in [0.4, 0.5) is 0 Å². The SMILES string of the molecule is CCc1nc2ccccc2n1CC(=O)NNC(=O)COc1ccc(C#N)cc1. The molecule has 0 saturated carbocycles. The standard InChI is InChI=1S/C20H19N5O3/c1-2-18-22-16-5-3-4-6-17(16)25(18)12-19(26)23-24-20(27)13-28-15-9-7-14(11-21)8-10-15/h3-10H,2,12-13H2,1H3,(H,23,26)(H,24,27). The third-order valence-corrected chi connectivity index (χ3v) is 4.05. The average Bonchev–Trinajstić information content (AvgIpc) is 3.08. The summed E-state index contributed by atoms with van der Waals surface area (Å²) in [5.41, 5.74) is 6.90. The van der Waals surface area contributed by atoms with E-state index in [1.165, 1.54) is 0 Å². The summed E-state index contributed by atoms with van der Waals surface area (Å²) in [6.07, 6.45) is 0.687. The Hall–Kier alpha value is -3.86. The number of amides is 2. The minimum Gasteiger partial charge on any atom is -0.484 e. The van der Waals surface area contributed by atoms with Crippen molar-refractivity contribution in [2.75, 3.05) is 6.61 Å². The Balaban J connectivity index is 1.51. The second-order valence-electron chi connectivity index (χ2n) is 5.98. The Labute approximate surface area is 161 Å². The molecule has 0 fully saturated rings. The summed E-state index contributed by atoms with van der Waals surface area (Å²) < 4.78 is 7.14. The van der Waals surface area contributed by atoms with Gasteiger partial charge in [0.25, 0.3) is 11.8 Å². The molecule has 3 aromatic rings. The molecule has 0 spiro atoms. The number of benzene rings is 2. The van der Waals surface area contributed by atoms with Crippen molar-refractivity contribution in [2.24, 2.45) is 0 Å². The highest BCUT2D eigenvalue weighted by Gasteiger charge is 2.13. The summed E-state index contributed by atoms with van der Waals surface area (Å²) in [5, 5.41) is 8.75. The normalized spacial score (nSPS) is 10.3. The lowest BCUT2D eigenvalue weighted by molar-refractivity contribution is -0.130. The van der Waals surface area contributed by atoms with Crippen LogP contribution in [0.5, 0.6) is 5.75 Å². The highest BCUT2D eigenvalue weighted by Crippen LogP contribution is 2.16. The van der Waals surface area contributed by atoms with E-state index in [0.29, 0.717) is 17.7 Å². The maximum absolute atomic E-state index is 12.2. The predicted octanol–water partition coefficient (Wildman–Crippen LogP) is 1.70. The molecule has 0 aliphatic rings. The van der Waals surface area contributed by atoms with E-state index in [-0.39, 0.29) is 19.1 Å². The van der Waals surface area contributed by atoms with E-state index < -0.39 is 5.91 Å². The van der Waals surface area contributed by atoms with Crippen LogP contribution in [0, 0.1) is 11.3 Å². The first-order chi connectivity index (χ1) is 13.6. The van der Waals surface area contributed by atoms with E-state index in [0.717, 1.165) is 16.9 Å². The van der Waals surface area contributed by atoms with Gasteiger partial charge in [-0.1, -0.05) is 19.1 Å². The smallest absolute Gasteiger partial charge is 0.276 e. The number of carbonyl (C=O) groups excluding carboxylic acids is 2. The van der Waals surface area contributed by atoms with Gasteiger partial charge < -0.3 is 9.30 Å². The van der Waals surface area contributed by atoms with Gasteiger partial charge in [-0.05, 0) is 36.4 Å². The van der Waals surface area contributed by atoms with E-state index in [1.807, 2.05) is 41.8 Å². The zero-order valence-corrected chi connectivity index (χ0v) is 15.3. The van der Waals surface area contributed by atoms with Crippen molar-refractivity contribution in [3.8, 4) is 11.8 Å². The van der Waals surface area contributed by atoms with E-state index in [2.05, 4.69) is 15.8 Å². The zero-order valence-electron chi connectivity index (χ0n) is 15.3. The van der Waals surface area contributed by atoms with Crippen LogP contribution < -0.4 is 15.6 Å². The van der Waals surface area contributed by atoms with E-state index >= 15 is 0 Å². The first-order valence-electron chi connectivity index (χ1n) is 8.75. The topological polar surface area (TPSA) is 109 Å². The number of hydrazine groups is 1. The molecule has 2 amide bonds. The van der Waals surface area contributed by atoms with Crippen molar-refractivity contribution in [3.63, 3.8) is 0 Å².